The average molecular weight is 560 g/mol. The number of aliphatic carboxylic acids is 1. The lowest BCUT2D eigenvalue weighted by atomic mass is 9.81. The normalized spacial score (nSPS) is 19.9. The van der Waals surface area contributed by atoms with Crippen LogP contribution >= 0.6 is 22.9 Å². The van der Waals surface area contributed by atoms with E-state index < -0.39 is 23.8 Å². The lowest BCUT2D eigenvalue weighted by Crippen LogP contribution is -2.38. The van der Waals surface area contributed by atoms with E-state index in [2.05, 4.69) is 15.3 Å². The van der Waals surface area contributed by atoms with Gasteiger partial charge in [0.25, 0.3) is 0 Å². The first-order valence-electron chi connectivity index (χ1n) is 12.1. The molecule has 1 aliphatic carbocycles. The molecule has 9 nitrogen and oxygen atoms in total. The molecule has 0 saturated heterocycles. The summed E-state index contributed by atoms with van der Waals surface area (Å²) in [6.45, 7) is 1.98. The van der Waals surface area contributed by atoms with Gasteiger partial charge >= 0.3 is 11.9 Å². The molecule has 1 aliphatic heterocycles. The number of allylic oxidation sites excluding steroid dienone is 3. The highest BCUT2D eigenvalue weighted by molar-refractivity contribution is 7.11. The van der Waals surface area contributed by atoms with E-state index in [0.717, 1.165) is 5.57 Å². The molecule has 2 unspecified atom stereocenters. The third-order valence-electron chi connectivity index (χ3n) is 6.23. The molecule has 0 bridgehead atoms. The van der Waals surface area contributed by atoms with Gasteiger partial charge in [-0.05, 0) is 37.8 Å². The van der Waals surface area contributed by atoms with E-state index in [1.807, 2.05) is 5.38 Å². The maximum Gasteiger partial charge on any atom is 0.338 e. The third-order valence-corrected chi connectivity index (χ3v) is 7.41. The van der Waals surface area contributed by atoms with Crippen LogP contribution in [-0.4, -0.2) is 47.2 Å². The summed E-state index contributed by atoms with van der Waals surface area (Å²) in [6.07, 6.45) is 4.78. The number of rotatable bonds is 9. The number of nitrogens with two attached hydrogens (primary N) is 1. The predicted octanol–water partition coefficient (Wildman–Crippen LogP) is 4.40. The van der Waals surface area contributed by atoms with Crippen LogP contribution < -0.4 is 11.1 Å². The summed E-state index contributed by atoms with van der Waals surface area (Å²) in [6, 6.07) is 3.48. The zero-order valence-corrected chi connectivity index (χ0v) is 22.2. The number of halogens is 2. The van der Waals surface area contributed by atoms with E-state index in [1.54, 1.807) is 25.4 Å². The second kappa shape index (κ2) is 12.3. The van der Waals surface area contributed by atoms with Gasteiger partial charge in [0.1, 0.15) is 11.9 Å². The van der Waals surface area contributed by atoms with E-state index in [1.165, 1.54) is 23.5 Å². The Morgan fingerprint density at radius 1 is 1.42 bits per heavy atom. The largest absolute Gasteiger partial charge is 0.481 e. The molecule has 1 aromatic heterocycles. The molecule has 2 atom stereocenters. The number of esters is 1. The van der Waals surface area contributed by atoms with E-state index in [-0.39, 0.29) is 36.1 Å². The molecule has 2 aliphatic rings. The van der Waals surface area contributed by atoms with Crippen molar-refractivity contribution in [1.29, 1.82) is 0 Å². The van der Waals surface area contributed by atoms with Gasteiger partial charge in [-0.15, -0.1) is 11.3 Å². The number of hydrogen-bond donors (Lipinski definition) is 3. The van der Waals surface area contributed by atoms with Crippen LogP contribution in [-0.2, 0) is 14.3 Å². The van der Waals surface area contributed by atoms with Gasteiger partial charge in [-0.1, -0.05) is 23.7 Å². The molecule has 0 amide bonds. The number of nitrogens with one attached hydrogen (secondary N) is 1. The van der Waals surface area contributed by atoms with Crippen molar-refractivity contribution >= 4 is 46.9 Å². The number of carboxylic acids is 1. The Balaban J connectivity index is 1.79. The van der Waals surface area contributed by atoms with Crippen molar-refractivity contribution in [3.63, 3.8) is 0 Å². The number of benzene rings is 1. The van der Waals surface area contributed by atoms with Crippen molar-refractivity contribution in [1.82, 2.24) is 10.3 Å². The SMILES string of the molecule is CCOC(=O)C1=C(C2CCC(N)=C(C=NCCC(=O)O)C2)NC(c2nccs2)=NC1c1cccc(F)c1Cl. The molecular weight excluding hydrogens is 533 g/mol. The molecular formula is C26H27ClFN5O4S. The number of carbonyl (C=O) groups excluding carboxylic acids is 1. The van der Waals surface area contributed by atoms with Crippen molar-refractivity contribution in [2.75, 3.05) is 13.2 Å². The van der Waals surface area contributed by atoms with Crippen LogP contribution in [0.15, 0.2) is 62.3 Å². The summed E-state index contributed by atoms with van der Waals surface area (Å²) >= 11 is 7.75. The Labute approximate surface area is 228 Å². The molecule has 4 rings (SSSR count). The average Bonchev–Trinajstić information content (AvgIpc) is 3.44. The highest BCUT2D eigenvalue weighted by Crippen LogP contribution is 2.41. The highest BCUT2D eigenvalue weighted by Gasteiger charge is 2.38. The van der Waals surface area contributed by atoms with Crippen molar-refractivity contribution in [2.45, 2.75) is 38.6 Å². The number of ether oxygens (including phenoxy) is 1. The molecule has 0 saturated carbocycles. The zero-order chi connectivity index (χ0) is 27.2. The molecule has 4 N–H and O–H groups in total. The first kappa shape index (κ1) is 27.5. The van der Waals surface area contributed by atoms with Gasteiger partial charge in [-0.3, -0.25) is 14.8 Å². The van der Waals surface area contributed by atoms with Crippen LogP contribution in [0.1, 0.15) is 49.2 Å². The summed E-state index contributed by atoms with van der Waals surface area (Å²) in [7, 11) is 0. The summed E-state index contributed by atoms with van der Waals surface area (Å²) in [5.74, 6) is -1.90. The number of hydrogen-bond acceptors (Lipinski definition) is 9. The number of carboxylic acid groups (broad SMARTS) is 1. The molecule has 38 heavy (non-hydrogen) atoms. The Bertz CT molecular complexity index is 1340. The number of aliphatic imine (C=N–C) groups is 2. The van der Waals surface area contributed by atoms with Crippen LogP contribution in [0.3, 0.4) is 0 Å². The summed E-state index contributed by atoms with van der Waals surface area (Å²) in [4.78, 5) is 37.6. The molecule has 12 heteroatoms. The smallest absolute Gasteiger partial charge is 0.338 e. The second-order valence-corrected chi connectivity index (χ2v) is 9.98. The molecule has 0 spiro atoms. The quantitative estimate of drug-likeness (QED) is 0.305. The van der Waals surface area contributed by atoms with Crippen LogP contribution in [0.25, 0.3) is 0 Å². The number of thiazole rings is 1. The van der Waals surface area contributed by atoms with E-state index in [0.29, 0.717) is 47.1 Å². The lowest BCUT2D eigenvalue weighted by Gasteiger charge is -2.33. The minimum atomic E-state index is -0.933. The van der Waals surface area contributed by atoms with E-state index >= 15 is 0 Å². The van der Waals surface area contributed by atoms with Crippen LogP contribution in [0, 0.1) is 11.7 Å². The van der Waals surface area contributed by atoms with Crippen molar-refractivity contribution in [3.8, 4) is 0 Å². The molecule has 2 aromatic rings. The van der Waals surface area contributed by atoms with E-state index in [4.69, 9.17) is 32.2 Å². The van der Waals surface area contributed by atoms with Gasteiger partial charge in [-0.25, -0.2) is 14.2 Å². The fourth-order valence-corrected chi connectivity index (χ4v) is 5.25. The maximum absolute atomic E-state index is 14.5. The number of carbonyl (C=O) groups is 2. The van der Waals surface area contributed by atoms with Crippen LogP contribution in [0.4, 0.5) is 4.39 Å². The molecule has 200 valence electrons. The number of amidine groups is 1. The minimum absolute atomic E-state index is 0.0868. The summed E-state index contributed by atoms with van der Waals surface area (Å²) in [5, 5.41) is 14.5. The monoisotopic (exact) mass is 559 g/mol. The third kappa shape index (κ3) is 6.11. The Hall–Kier alpha value is -3.57. The lowest BCUT2D eigenvalue weighted by molar-refractivity contribution is -0.139. The minimum Gasteiger partial charge on any atom is -0.481 e. The van der Waals surface area contributed by atoms with E-state index in [9.17, 15) is 14.0 Å². The van der Waals surface area contributed by atoms with Gasteiger partial charge in [0.05, 0.1) is 23.6 Å². The topological polar surface area (TPSA) is 139 Å². The summed E-state index contributed by atoms with van der Waals surface area (Å²) < 4.78 is 19.9. The Morgan fingerprint density at radius 3 is 2.95 bits per heavy atom. The first-order valence-corrected chi connectivity index (χ1v) is 13.3. The molecule has 0 radical (unpaired) electrons. The number of aromatic nitrogens is 1. The Morgan fingerprint density at radius 2 is 2.24 bits per heavy atom. The summed E-state index contributed by atoms with van der Waals surface area (Å²) in [5.41, 5.74) is 8.86. The van der Waals surface area contributed by atoms with Crippen molar-refractivity contribution < 1.29 is 23.8 Å². The standard InChI is InChI=1S/C26H27ClFN5O4S/c1-2-37-26(36)20-22(14-6-7-18(29)15(12-14)13-30-9-8-19(34)35)32-24(25-31-10-11-38-25)33-23(20)16-4-3-5-17(28)21(16)27/h3-5,10-11,13-14,23H,2,6-9,12,29H2,1H3,(H,32,33)(H,34,35). The Kier molecular flexibility index (Phi) is 8.90. The van der Waals surface area contributed by atoms with Gasteiger partial charge in [0, 0.05) is 47.2 Å². The number of nitrogens with zero attached hydrogens (tertiary/aromatic N) is 3. The molecule has 2 heterocycles. The fourth-order valence-electron chi connectivity index (χ4n) is 4.43. The van der Waals surface area contributed by atoms with Gasteiger partial charge < -0.3 is 20.9 Å². The first-order chi connectivity index (χ1) is 18.3. The predicted molar refractivity (Wildman–Crippen MR) is 144 cm³/mol. The molecule has 1 aromatic carbocycles. The highest BCUT2D eigenvalue weighted by atomic mass is 35.5. The van der Waals surface area contributed by atoms with Crippen molar-refractivity contribution in [2.24, 2.45) is 21.6 Å². The van der Waals surface area contributed by atoms with Gasteiger partial charge in [0.2, 0.25) is 0 Å². The second-order valence-electron chi connectivity index (χ2n) is 8.70. The fraction of sp³-hybridized carbons (Fsp3) is 0.346. The van der Waals surface area contributed by atoms with Crippen LogP contribution in [0.2, 0.25) is 5.02 Å². The molecule has 0 fully saturated rings. The van der Waals surface area contributed by atoms with Gasteiger partial charge in [0.15, 0.2) is 10.8 Å². The van der Waals surface area contributed by atoms with Crippen LogP contribution in [0.5, 0.6) is 0 Å². The van der Waals surface area contributed by atoms with Gasteiger partial charge in [-0.2, -0.15) is 0 Å². The van der Waals surface area contributed by atoms with Crippen molar-refractivity contribution in [3.05, 3.63) is 73.7 Å². The zero-order valence-electron chi connectivity index (χ0n) is 20.6. The maximum atomic E-state index is 14.5.